The first-order chi connectivity index (χ1) is 5.25. The van der Waals surface area contributed by atoms with Crippen LogP contribution in [-0.4, -0.2) is 38.0 Å². The largest absolute Gasteiger partial charge is 0.394 e. The van der Waals surface area contributed by atoms with Crippen LogP contribution >= 0.6 is 0 Å². The highest BCUT2D eigenvalue weighted by molar-refractivity contribution is 5.00. The average molecular weight is 158 g/mol. The van der Waals surface area contributed by atoms with Gasteiger partial charge in [0.15, 0.2) is 0 Å². The molecule has 0 saturated carbocycles. The van der Waals surface area contributed by atoms with Gasteiger partial charge in [0.1, 0.15) is 12.2 Å². The molecule has 0 fully saturated rings. The van der Waals surface area contributed by atoms with Crippen LogP contribution in [-0.2, 0) is 0 Å². The van der Waals surface area contributed by atoms with Crippen molar-refractivity contribution in [2.45, 2.75) is 12.2 Å². The minimum Gasteiger partial charge on any atom is -0.394 e. The fourth-order valence-electron chi connectivity index (χ4n) is 0.735. The molecule has 0 bridgehead atoms. The zero-order valence-electron chi connectivity index (χ0n) is 5.81. The summed E-state index contributed by atoms with van der Waals surface area (Å²) in [7, 11) is 0. The minimum atomic E-state index is -1.16. The van der Waals surface area contributed by atoms with Gasteiger partial charge in [-0.3, -0.25) is 0 Å². The first-order valence-electron chi connectivity index (χ1n) is 3.21. The van der Waals surface area contributed by atoms with Crippen LogP contribution in [0.3, 0.4) is 0 Å². The molecule has 11 heavy (non-hydrogen) atoms. The Morgan fingerprint density at radius 1 is 1.55 bits per heavy atom. The molecule has 0 amide bonds. The molecule has 5 nitrogen and oxygen atoms in total. The lowest BCUT2D eigenvalue weighted by Gasteiger charge is -2.12. The Balaban J connectivity index is 2.62. The fraction of sp³-hybridized carbons (Fsp3) is 0.500. The SMILES string of the molecule is OC[C@@H](O)[C@@H](O)c1cnc[nH]1. The average Bonchev–Trinajstić information content (AvgIpc) is 2.53. The van der Waals surface area contributed by atoms with E-state index in [-0.39, 0.29) is 0 Å². The van der Waals surface area contributed by atoms with Crippen LogP contribution in [0.2, 0.25) is 0 Å². The molecule has 1 rings (SSSR count). The maximum absolute atomic E-state index is 9.20. The van der Waals surface area contributed by atoms with Gasteiger partial charge in [0.25, 0.3) is 0 Å². The molecule has 0 aliphatic heterocycles. The van der Waals surface area contributed by atoms with Gasteiger partial charge in [0.05, 0.1) is 24.8 Å². The zero-order valence-corrected chi connectivity index (χ0v) is 5.81. The molecule has 0 aliphatic rings. The van der Waals surface area contributed by atoms with Gasteiger partial charge in [-0.15, -0.1) is 0 Å². The fourth-order valence-corrected chi connectivity index (χ4v) is 0.735. The Bertz CT molecular complexity index is 200. The van der Waals surface area contributed by atoms with Gasteiger partial charge in [-0.1, -0.05) is 0 Å². The van der Waals surface area contributed by atoms with E-state index < -0.39 is 18.8 Å². The van der Waals surface area contributed by atoms with Crippen molar-refractivity contribution in [1.82, 2.24) is 9.97 Å². The number of rotatable bonds is 3. The van der Waals surface area contributed by atoms with E-state index >= 15 is 0 Å². The third-order valence-corrected chi connectivity index (χ3v) is 1.39. The number of hydrogen-bond acceptors (Lipinski definition) is 4. The predicted molar refractivity (Wildman–Crippen MR) is 36.6 cm³/mol. The highest BCUT2D eigenvalue weighted by atomic mass is 16.4. The number of H-pyrrole nitrogens is 1. The van der Waals surface area contributed by atoms with Crippen molar-refractivity contribution >= 4 is 0 Å². The number of nitrogens with one attached hydrogen (secondary N) is 1. The monoisotopic (exact) mass is 158 g/mol. The van der Waals surface area contributed by atoms with Crippen LogP contribution in [0.25, 0.3) is 0 Å². The number of aromatic amines is 1. The van der Waals surface area contributed by atoms with Crippen molar-refractivity contribution in [2.75, 3.05) is 6.61 Å². The highest BCUT2D eigenvalue weighted by Crippen LogP contribution is 2.12. The summed E-state index contributed by atoms with van der Waals surface area (Å²) in [6.07, 6.45) is 0.532. The molecule has 0 aliphatic carbocycles. The van der Waals surface area contributed by atoms with E-state index in [1.54, 1.807) is 0 Å². The predicted octanol–water partition coefficient (Wildman–Crippen LogP) is -1.20. The second kappa shape index (κ2) is 3.47. The van der Waals surface area contributed by atoms with Gasteiger partial charge in [-0.2, -0.15) is 0 Å². The molecule has 0 saturated heterocycles. The number of aromatic nitrogens is 2. The second-order valence-corrected chi connectivity index (χ2v) is 2.20. The molecule has 62 valence electrons. The number of imidazole rings is 1. The van der Waals surface area contributed by atoms with Crippen LogP contribution in [0.1, 0.15) is 11.8 Å². The number of aliphatic hydroxyl groups excluding tert-OH is 3. The standard InChI is InChI=1S/C6H10N2O3/c9-2-5(10)6(11)4-1-7-3-8-4/h1,3,5-6,9-11H,2H2,(H,7,8)/t5-,6+/m1/s1. The maximum atomic E-state index is 9.20. The smallest absolute Gasteiger partial charge is 0.123 e. The first kappa shape index (κ1) is 8.19. The lowest BCUT2D eigenvalue weighted by Crippen LogP contribution is -2.22. The quantitative estimate of drug-likeness (QED) is 0.444. The second-order valence-electron chi connectivity index (χ2n) is 2.20. The topological polar surface area (TPSA) is 89.4 Å². The van der Waals surface area contributed by atoms with Crippen LogP contribution in [0.5, 0.6) is 0 Å². The van der Waals surface area contributed by atoms with Crippen LogP contribution in [0.4, 0.5) is 0 Å². The van der Waals surface area contributed by atoms with Gasteiger partial charge in [0, 0.05) is 0 Å². The van der Waals surface area contributed by atoms with E-state index in [1.165, 1.54) is 12.5 Å². The Labute approximate surface area is 63.3 Å². The van der Waals surface area contributed by atoms with E-state index in [0.29, 0.717) is 5.69 Å². The number of nitrogens with zero attached hydrogens (tertiary/aromatic N) is 1. The molecular weight excluding hydrogens is 148 g/mol. The van der Waals surface area contributed by atoms with Crippen molar-refractivity contribution < 1.29 is 15.3 Å². The van der Waals surface area contributed by atoms with Crippen molar-refractivity contribution in [2.24, 2.45) is 0 Å². The highest BCUT2D eigenvalue weighted by Gasteiger charge is 2.17. The Kier molecular flexibility index (Phi) is 2.58. The Morgan fingerprint density at radius 2 is 2.27 bits per heavy atom. The zero-order chi connectivity index (χ0) is 8.27. The molecule has 1 heterocycles. The number of hydrogen-bond donors (Lipinski definition) is 4. The van der Waals surface area contributed by atoms with Gasteiger partial charge < -0.3 is 20.3 Å². The van der Waals surface area contributed by atoms with Crippen LogP contribution < -0.4 is 0 Å². The summed E-state index contributed by atoms with van der Waals surface area (Å²) < 4.78 is 0. The molecule has 0 aromatic carbocycles. The lowest BCUT2D eigenvalue weighted by atomic mass is 10.2. The molecule has 4 N–H and O–H groups in total. The van der Waals surface area contributed by atoms with Crippen molar-refractivity contribution in [1.29, 1.82) is 0 Å². The molecule has 2 atom stereocenters. The molecule has 5 heteroatoms. The van der Waals surface area contributed by atoms with Gasteiger partial charge in [-0.05, 0) is 0 Å². The Hall–Kier alpha value is -0.910. The summed E-state index contributed by atoms with van der Waals surface area (Å²) in [6.45, 7) is -0.472. The molecule has 0 spiro atoms. The van der Waals surface area contributed by atoms with Gasteiger partial charge in [-0.25, -0.2) is 4.98 Å². The summed E-state index contributed by atoms with van der Waals surface area (Å²) in [4.78, 5) is 6.27. The third kappa shape index (κ3) is 1.76. The molecule has 0 radical (unpaired) electrons. The van der Waals surface area contributed by atoms with E-state index in [1.807, 2.05) is 0 Å². The van der Waals surface area contributed by atoms with Crippen LogP contribution in [0.15, 0.2) is 12.5 Å². The van der Waals surface area contributed by atoms with E-state index in [2.05, 4.69) is 9.97 Å². The summed E-state index contributed by atoms with van der Waals surface area (Å²) >= 11 is 0. The van der Waals surface area contributed by atoms with Crippen molar-refractivity contribution in [3.63, 3.8) is 0 Å². The lowest BCUT2D eigenvalue weighted by molar-refractivity contribution is -0.0171. The van der Waals surface area contributed by atoms with Crippen molar-refractivity contribution in [3.05, 3.63) is 18.2 Å². The molecule has 1 aromatic rings. The first-order valence-corrected chi connectivity index (χ1v) is 3.21. The summed E-state index contributed by atoms with van der Waals surface area (Å²) in [6, 6.07) is 0. The summed E-state index contributed by atoms with van der Waals surface area (Å²) in [5.41, 5.74) is 0.395. The summed E-state index contributed by atoms with van der Waals surface area (Å²) in [5, 5.41) is 26.6. The van der Waals surface area contributed by atoms with E-state index in [4.69, 9.17) is 10.2 Å². The van der Waals surface area contributed by atoms with Gasteiger partial charge in [0.2, 0.25) is 0 Å². The van der Waals surface area contributed by atoms with Gasteiger partial charge >= 0.3 is 0 Å². The third-order valence-electron chi connectivity index (χ3n) is 1.39. The Morgan fingerprint density at radius 3 is 2.73 bits per heavy atom. The normalized spacial score (nSPS) is 16.3. The maximum Gasteiger partial charge on any atom is 0.123 e. The molecular formula is C6H10N2O3. The van der Waals surface area contributed by atoms with Crippen LogP contribution in [0, 0.1) is 0 Å². The molecule has 1 aromatic heterocycles. The van der Waals surface area contributed by atoms with E-state index in [9.17, 15) is 5.11 Å². The minimum absolute atomic E-state index is 0.395. The van der Waals surface area contributed by atoms with E-state index in [0.717, 1.165) is 0 Å². The number of aliphatic hydroxyl groups is 3. The van der Waals surface area contributed by atoms with Crippen molar-refractivity contribution in [3.8, 4) is 0 Å². The molecule has 0 unspecified atom stereocenters. The summed E-state index contributed by atoms with van der Waals surface area (Å²) in [5.74, 6) is 0.